The number of nitrogens with one attached hydrogen (secondary N) is 1. The summed E-state index contributed by atoms with van der Waals surface area (Å²) in [5, 5.41) is 9.77. The molecule has 0 heterocycles. The number of aryl methyl sites for hydroxylation is 1. The normalized spacial score (nSPS) is 13.6. The molecule has 0 saturated heterocycles. The van der Waals surface area contributed by atoms with Gasteiger partial charge in [-0.05, 0) is 37.5 Å². The van der Waals surface area contributed by atoms with E-state index in [9.17, 15) is 13.5 Å². The molecule has 1 unspecified atom stereocenters. The van der Waals surface area contributed by atoms with Gasteiger partial charge in [-0.15, -0.1) is 0 Å². The Bertz CT molecular complexity index is 502. The van der Waals surface area contributed by atoms with Crippen LogP contribution in [-0.4, -0.2) is 26.2 Å². The van der Waals surface area contributed by atoms with Gasteiger partial charge < -0.3 is 5.11 Å². The molecule has 6 heteroatoms. The molecule has 0 saturated carbocycles. The lowest BCUT2D eigenvalue weighted by atomic mass is 10.2. The monoisotopic (exact) mass is 291 g/mol. The molecule has 102 valence electrons. The Balaban J connectivity index is 2.71. The maximum atomic E-state index is 11.9. The van der Waals surface area contributed by atoms with Crippen LogP contribution in [0.1, 0.15) is 25.3 Å². The molecule has 0 spiro atoms. The molecule has 1 rings (SSSR count). The minimum atomic E-state index is -3.55. The van der Waals surface area contributed by atoms with E-state index in [2.05, 4.69) is 4.72 Å². The molecule has 1 aromatic carbocycles. The van der Waals surface area contributed by atoms with Crippen molar-refractivity contribution in [2.45, 2.75) is 37.7 Å². The van der Waals surface area contributed by atoms with Gasteiger partial charge in [0.2, 0.25) is 10.0 Å². The van der Waals surface area contributed by atoms with Crippen LogP contribution in [0.3, 0.4) is 0 Å². The Labute approximate surface area is 113 Å². The zero-order chi connectivity index (χ0) is 13.8. The maximum Gasteiger partial charge on any atom is 0.240 e. The lowest BCUT2D eigenvalue weighted by molar-refractivity contribution is 0.162. The molecule has 0 aliphatic rings. The van der Waals surface area contributed by atoms with Gasteiger partial charge in [0.05, 0.1) is 11.0 Å². The van der Waals surface area contributed by atoms with Crippen molar-refractivity contribution >= 4 is 21.6 Å². The summed E-state index contributed by atoms with van der Waals surface area (Å²) in [7, 11) is -3.55. The van der Waals surface area contributed by atoms with Crippen LogP contribution in [0.2, 0.25) is 5.02 Å². The SMILES string of the molecule is CCC(O)CCNS(=O)(=O)c1ccc(C)c(Cl)c1. The molecule has 0 fully saturated rings. The van der Waals surface area contributed by atoms with Crippen LogP contribution < -0.4 is 4.72 Å². The Morgan fingerprint density at radius 1 is 1.44 bits per heavy atom. The van der Waals surface area contributed by atoms with Gasteiger partial charge in [0.15, 0.2) is 0 Å². The summed E-state index contributed by atoms with van der Waals surface area (Å²) in [5.74, 6) is 0. The number of hydrogen-bond acceptors (Lipinski definition) is 3. The molecule has 0 radical (unpaired) electrons. The molecule has 0 bridgehead atoms. The number of hydrogen-bond donors (Lipinski definition) is 2. The molecule has 0 aromatic heterocycles. The summed E-state index contributed by atoms with van der Waals surface area (Å²) in [4.78, 5) is 0.143. The first kappa shape index (κ1) is 15.4. The number of aliphatic hydroxyl groups excluding tert-OH is 1. The molecular formula is C12H18ClNO3S. The summed E-state index contributed by atoms with van der Waals surface area (Å²) in [6.45, 7) is 3.87. The van der Waals surface area contributed by atoms with Crippen LogP contribution in [0.25, 0.3) is 0 Å². The molecule has 0 aliphatic heterocycles. The van der Waals surface area contributed by atoms with E-state index in [4.69, 9.17) is 11.6 Å². The minimum Gasteiger partial charge on any atom is -0.393 e. The van der Waals surface area contributed by atoms with E-state index < -0.39 is 16.1 Å². The van der Waals surface area contributed by atoms with Crippen molar-refractivity contribution in [3.05, 3.63) is 28.8 Å². The van der Waals surface area contributed by atoms with Gasteiger partial charge in [0.25, 0.3) is 0 Å². The highest BCUT2D eigenvalue weighted by molar-refractivity contribution is 7.89. The largest absolute Gasteiger partial charge is 0.393 e. The van der Waals surface area contributed by atoms with Crippen LogP contribution in [0.4, 0.5) is 0 Å². The predicted molar refractivity (Wildman–Crippen MR) is 72.3 cm³/mol. The van der Waals surface area contributed by atoms with Crippen molar-refractivity contribution in [1.29, 1.82) is 0 Å². The number of sulfonamides is 1. The van der Waals surface area contributed by atoms with E-state index in [1.54, 1.807) is 6.07 Å². The second-order valence-electron chi connectivity index (χ2n) is 4.16. The van der Waals surface area contributed by atoms with Crippen LogP contribution in [-0.2, 0) is 10.0 Å². The lowest BCUT2D eigenvalue weighted by Gasteiger charge is -2.10. The van der Waals surface area contributed by atoms with Crippen molar-refractivity contribution in [3.63, 3.8) is 0 Å². The molecule has 0 amide bonds. The van der Waals surface area contributed by atoms with E-state index in [1.165, 1.54) is 12.1 Å². The van der Waals surface area contributed by atoms with Crippen LogP contribution in [0.5, 0.6) is 0 Å². The Hall–Kier alpha value is -0.620. The second-order valence-corrected chi connectivity index (χ2v) is 6.33. The van der Waals surface area contributed by atoms with E-state index in [0.717, 1.165) is 5.56 Å². The van der Waals surface area contributed by atoms with Crippen molar-refractivity contribution in [3.8, 4) is 0 Å². The van der Waals surface area contributed by atoms with Crippen LogP contribution in [0.15, 0.2) is 23.1 Å². The summed E-state index contributed by atoms with van der Waals surface area (Å²) in [5.41, 5.74) is 0.831. The second kappa shape index (κ2) is 6.52. The van der Waals surface area contributed by atoms with Gasteiger partial charge in [0.1, 0.15) is 0 Å². The van der Waals surface area contributed by atoms with Gasteiger partial charge in [-0.25, -0.2) is 13.1 Å². The van der Waals surface area contributed by atoms with E-state index in [1.807, 2.05) is 13.8 Å². The third-order valence-electron chi connectivity index (χ3n) is 2.69. The fourth-order valence-electron chi connectivity index (χ4n) is 1.39. The first-order chi connectivity index (χ1) is 8.36. The van der Waals surface area contributed by atoms with Crippen molar-refractivity contribution < 1.29 is 13.5 Å². The van der Waals surface area contributed by atoms with Gasteiger partial charge in [-0.2, -0.15) is 0 Å². The number of benzene rings is 1. The third kappa shape index (κ3) is 4.24. The molecule has 2 N–H and O–H groups in total. The van der Waals surface area contributed by atoms with Crippen LogP contribution >= 0.6 is 11.6 Å². The van der Waals surface area contributed by atoms with Gasteiger partial charge >= 0.3 is 0 Å². The standard InChI is InChI=1S/C12H18ClNO3S/c1-3-10(15)6-7-14-18(16,17)11-5-4-9(2)12(13)8-11/h4-5,8,10,14-15H,3,6-7H2,1-2H3. The van der Waals surface area contributed by atoms with Crippen LogP contribution in [0, 0.1) is 6.92 Å². The van der Waals surface area contributed by atoms with Crippen molar-refractivity contribution in [1.82, 2.24) is 4.72 Å². The third-order valence-corrected chi connectivity index (χ3v) is 4.56. The quantitative estimate of drug-likeness (QED) is 0.843. The zero-order valence-electron chi connectivity index (χ0n) is 10.5. The lowest BCUT2D eigenvalue weighted by Crippen LogP contribution is -2.27. The fraction of sp³-hybridized carbons (Fsp3) is 0.500. The molecule has 1 atom stereocenters. The highest BCUT2D eigenvalue weighted by Gasteiger charge is 2.15. The summed E-state index contributed by atoms with van der Waals surface area (Å²) in [6.07, 6.45) is 0.530. The number of aliphatic hydroxyl groups is 1. The number of halogens is 1. The first-order valence-electron chi connectivity index (χ1n) is 5.80. The van der Waals surface area contributed by atoms with Gasteiger partial charge in [0, 0.05) is 11.6 Å². The van der Waals surface area contributed by atoms with E-state index >= 15 is 0 Å². The van der Waals surface area contributed by atoms with Gasteiger partial charge in [-0.1, -0.05) is 24.6 Å². The Kier molecular flexibility index (Phi) is 5.59. The summed E-state index contributed by atoms with van der Waals surface area (Å²) >= 11 is 5.89. The molecule has 4 nitrogen and oxygen atoms in total. The van der Waals surface area contributed by atoms with Crippen molar-refractivity contribution in [2.24, 2.45) is 0 Å². The first-order valence-corrected chi connectivity index (χ1v) is 7.67. The van der Waals surface area contributed by atoms with Gasteiger partial charge in [-0.3, -0.25) is 0 Å². The van der Waals surface area contributed by atoms with E-state index in [0.29, 0.717) is 17.9 Å². The summed E-state index contributed by atoms with van der Waals surface area (Å²) < 4.78 is 26.3. The smallest absolute Gasteiger partial charge is 0.240 e. The Morgan fingerprint density at radius 3 is 2.67 bits per heavy atom. The number of rotatable bonds is 6. The van der Waals surface area contributed by atoms with E-state index in [-0.39, 0.29) is 11.4 Å². The summed E-state index contributed by atoms with van der Waals surface area (Å²) in [6, 6.07) is 4.60. The molecule has 0 aliphatic carbocycles. The topological polar surface area (TPSA) is 66.4 Å². The zero-order valence-corrected chi connectivity index (χ0v) is 12.1. The highest BCUT2D eigenvalue weighted by atomic mass is 35.5. The predicted octanol–water partition coefficient (Wildman–Crippen LogP) is 2.09. The average molecular weight is 292 g/mol. The molecule has 1 aromatic rings. The molecular weight excluding hydrogens is 274 g/mol. The fourth-order valence-corrected chi connectivity index (χ4v) is 2.71. The average Bonchev–Trinajstić information content (AvgIpc) is 2.32. The Morgan fingerprint density at radius 2 is 2.11 bits per heavy atom. The highest BCUT2D eigenvalue weighted by Crippen LogP contribution is 2.19. The maximum absolute atomic E-state index is 11.9. The molecule has 18 heavy (non-hydrogen) atoms. The van der Waals surface area contributed by atoms with Crippen molar-refractivity contribution in [2.75, 3.05) is 6.54 Å². The minimum absolute atomic E-state index is 0.143.